The first kappa shape index (κ1) is 14.5. The fraction of sp³-hybridized carbons (Fsp3) is 0.857. The lowest BCUT2D eigenvalue weighted by atomic mass is 9.70. The lowest BCUT2D eigenvalue weighted by Gasteiger charge is -2.36. The Morgan fingerprint density at radius 3 is 2.47 bits per heavy atom. The van der Waals surface area contributed by atoms with Gasteiger partial charge in [0.1, 0.15) is 6.04 Å². The van der Waals surface area contributed by atoms with Gasteiger partial charge in [0.15, 0.2) is 5.82 Å². The van der Waals surface area contributed by atoms with E-state index in [2.05, 4.69) is 30.9 Å². The predicted molar refractivity (Wildman–Crippen MR) is 72.5 cm³/mol. The van der Waals surface area contributed by atoms with Gasteiger partial charge in [0.2, 0.25) is 5.89 Å². The highest BCUT2D eigenvalue weighted by molar-refractivity contribution is 5.00. The Labute approximate surface area is 114 Å². The molecule has 1 aromatic heterocycles. The van der Waals surface area contributed by atoms with Crippen molar-refractivity contribution in [2.75, 3.05) is 6.61 Å². The van der Waals surface area contributed by atoms with Gasteiger partial charge in [0, 0.05) is 5.92 Å². The second kappa shape index (κ2) is 5.59. The fourth-order valence-corrected chi connectivity index (χ4v) is 2.86. The average molecular weight is 267 g/mol. The molecule has 1 aromatic rings. The second-order valence-electron chi connectivity index (χ2n) is 6.69. The van der Waals surface area contributed by atoms with Crippen LogP contribution in [0, 0.1) is 11.3 Å². The van der Waals surface area contributed by atoms with Gasteiger partial charge >= 0.3 is 0 Å². The number of aliphatic hydroxyl groups excluding tert-OH is 1. The smallest absolute Gasteiger partial charge is 0.245 e. The molecular formula is C14H25N3O2. The molecule has 1 atom stereocenters. The van der Waals surface area contributed by atoms with Crippen molar-refractivity contribution >= 4 is 0 Å². The highest BCUT2D eigenvalue weighted by Crippen LogP contribution is 2.42. The van der Waals surface area contributed by atoms with Gasteiger partial charge in [0.05, 0.1) is 6.61 Å². The predicted octanol–water partition coefficient (Wildman–Crippen LogP) is 2.38. The zero-order valence-electron chi connectivity index (χ0n) is 12.1. The molecule has 2 rings (SSSR count). The maximum Gasteiger partial charge on any atom is 0.245 e. The minimum Gasteiger partial charge on any atom is -0.394 e. The van der Waals surface area contributed by atoms with Crippen LogP contribution < -0.4 is 5.73 Å². The molecule has 1 aliphatic carbocycles. The largest absolute Gasteiger partial charge is 0.394 e. The van der Waals surface area contributed by atoms with Crippen LogP contribution in [0.25, 0.3) is 0 Å². The third-order valence-corrected chi connectivity index (χ3v) is 4.29. The molecule has 0 saturated heterocycles. The normalized spacial score (nSPS) is 26.4. The van der Waals surface area contributed by atoms with E-state index in [-0.39, 0.29) is 6.61 Å². The summed E-state index contributed by atoms with van der Waals surface area (Å²) in [6.07, 6.45) is 4.64. The van der Waals surface area contributed by atoms with E-state index < -0.39 is 6.04 Å². The van der Waals surface area contributed by atoms with Crippen LogP contribution in [-0.2, 0) is 0 Å². The van der Waals surface area contributed by atoms with Crippen molar-refractivity contribution in [3.63, 3.8) is 0 Å². The van der Waals surface area contributed by atoms with Crippen molar-refractivity contribution in [1.29, 1.82) is 0 Å². The van der Waals surface area contributed by atoms with Gasteiger partial charge in [-0.3, -0.25) is 0 Å². The molecule has 1 aliphatic rings. The molecule has 0 amide bonds. The highest BCUT2D eigenvalue weighted by Gasteiger charge is 2.32. The number of aromatic nitrogens is 2. The van der Waals surface area contributed by atoms with E-state index in [1.807, 2.05) is 0 Å². The number of hydrogen-bond acceptors (Lipinski definition) is 5. The average Bonchev–Trinajstić information content (AvgIpc) is 2.86. The first-order chi connectivity index (χ1) is 8.91. The van der Waals surface area contributed by atoms with Crippen molar-refractivity contribution < 1.29 is 9.63 Å². The van der Waals surface area contributed by atoms with Crippen molar-refractivity contribution in [2.24, 2.45) is 17.1 Å². The third kappa shape index (κ3) is 3.34. The summed E-state index contributed by atoms with van der Waals surface area (Å²) >= 11 is 0. The molecule has 19 heavy (non-hydrogen) atoms. The van der Waals surface area contributed by atoms with Crippen molar-refractivity contribution in [1.82, 2.24) is 10.1 Å². The summed E-state index contributed by atoms with van der Waals surface area (Å²) in [6, 6.07) is -0.563. The molecule has 0 bridgehead atoms. The molecule has 5 nitrogen and oxygen atoms in total. The summed E-state index contributed by atoms with van der Waals surface area (Å²) in [5.41, 5.74) is 6.05. The van der Waals surface area contributed by atoms with E-state index in [1.165, 1.54) is 12.8 Å². The molecule has 0 spiro atoms. The number of nitrogens with two attached hydrogens (primary N) is 1. The standard InChI is InChI=1S/C14H25N3O2/c1-14(2,3)10-6-4-9(5-7-10)12-16-13(19-17-12)11(15)8-18/h9-11,18H,4-8,15H2,1-3H3/t9?,10?,11-/m0/s1. The quantitative estimate of drug-likeness (QED) is 0.878. The molecule has 1 saturated carbocycles. The number of aliphatic hydroxyl groups is 1. The molecule has 108 valence electrons. The van der Waals surface area contributed by atoms with Crippen LogP contribution in [-0.4, -0.2) is 21.9 Å². The van der Waals surface area contributed by atoms with Crippen LogP contribution in [0.15, 0.2) is 4.52 Å². The van der Waals surface area contributed by atoms with Gasteiger partial charge in [-0.15, -0.1) is 0 Å². The summed E-state index contributed by atoms with van der Waals surface area (Å²) in [5.74, 6) is 2.25. The molecule has 5 heteroatoms. The molecule has 0 aliphatic heterocycles. The lowest BCUT2D eigenvalue weighted by Crippen LogP contribution is -2.25. The molecular weight excluding hydrogens is 242 g/mol. The van der Waals surface area contributed by atoms with Gasteiger partial charge in [-0.05, 0) is 37.0 Å². The zero-order valence-corrected chi connectivity index (χ0v) is 12.1. The summed E-state index contributed by atoms with van der Waals surface area (Å²) in [5, 5.41) is 13.0. The van der Waals surface area contributed by atoms with Gasteiger partial charge < -0.3 is 15.4 Å². The zero-order chi connectivity index (χ0) is 14.0. The topological polar surface area (TPSA) is 85.2 Å². The lowest BCUT2D eigenvalue weighted by molar-refractivity contribution is 0.166. The maximum absolute atomic E-state index is 8.98. The van der Waals surface area contributed by atoms with Crippen LogP contribution in [0.3, 0.4) is 0 Å². The van der Waals surface area contributed by atoms with Crippen LogP contribution >= 0.6 is 0 Å². The Morgan fingerprint density at radius 2 is 1.95 bits per heavy atom. The Morgan fingerprint density at radius 1 is 1.32 bits per heavy atom. The Hall–Kier alpha value is -0.940. The molecule has 0 unspecified atom stereocenters. The number of rotatable bonds is 3. The summed E-state index contributed by atoms with van der Waals surface area (Å²) < 4.78 is 5.12. The van der Waals surface area contributed by atoms with Crippen molar-refractivity contribution in [3.05, 3.63) is 11.7 Å². The number of nitrogens with zero attached hydrogens (tertiary/aromatic N) is 2. The van der Waals surface area contributed by atoms with Crippen LogP contribution in [0.1, 0.15) is 70.1 Å². The number of hydrogen-bond donors (Lipinski definition) is 2. The van der Waals surface area contributed by atoms with E-state index in [9.17, 15) is 0 Å². The molecule has 0 aromatic carbocycles. The van der Waals surface area contributed by atoms with E-state index in [4.69, 9.17) is 15.4 Å². The SMILES string of the molecule is CC(C)(C)C1CCC(c2noc([C@@H](N)CO)n2)CC1. The first-order valence-corrected chi connectivity index (χ1v) is 7.11. The Balaban J connectivity index is 1.96. The van der Waals surface area contributed by atoms with E-state index in [0.717, 1.165) is 24.6 Å². The monoisotopic (exact) mass is 267 g/mol. The van der Waals surface area contributed by atoms with Crippen LogP contribution in [0.5, 0.6) is 0 Å². The third-order valence-electron chi connectivity index (χ3n) is 4.29. The van der Waals surface area contributed by atoms with Crippen molar-refractivity contribution in [2.45, 2.75) is 58.4 Å². The van der Waals surface area contributed by atoms with E-state index in [0.29, 0.717) is 17.2 Å². The minimum absolute atomic E-state index is 0.168. The Bertz CT molecular complexity index is 403. The van der Waals surface area contributed by atoms with Crippen LogP contribution in [0.2, 0.25) is 0 Å². The van der Waals surface area contributed by atoms with Crippen LogP contribution in [0.4, 0.5) is 0 Å². The molecule has 0 radical (unpaired) electrons. The summed E-state index contributed by atoms with van der Waals surface area (Å²) in [6.45, 7) is 6.76. The summed E-state index contributed by atoms with van der Waals surface area (Å²) in [7, 11) is 0. The van der Waals surface area contributed by atoms with Gasteiger partial charge in [0.25, 0.3) is 0 Å². The molecule has 1 heterocycles. The van der Waals surface area contributed by atoms with Gasteiger partial charge in [-0.2, -0.15) is 4.98 Å². The maximum atomic E-state index is 8.98. The van der Waals surface area contributed by atoms with Gasteiger partial charge in [-0.25, -0.2) is 0 Å². The summed E-state index contributed by atoms with van der Waals surface area (Å²) in [4.78, 5) is 4.33. The van der Waals surface area contributed by atoms with E-state index >= 15 is 0 Å². The fourth-order valence-electron chi connectivity index (χ4n) is 2.86. The molecule has 1 fully saturated rings. The van der Waals surface area contributed by atoms with Crippen molar-refractivity contribution in [3.8, 4) is 0 Å². The minimum atomic E-state index is -0.563. The molecule has 3 N–H and O–H groups in total. The highest BCUT2D eigenvalue weighted by atomic mass is 16.5. The second-order valence-corrected chi connectivity index (χ2v) is 6.69. The Kier molecular flexibility index (Phi) is 4.26. The van der Waals surface area contributed by atoms with Gasteiger partial charge in [-0.1, -0.05) is 25.9 Å². The van der Waals surface area contributed by atoms with E-state index in [1.54, 1.807) is 0 Å². The first-order valence-electron chi connectivity index (χ1n) is 7.11.